The van der Waals surface area contributed by atoms with Crippen LogP contribution in [0.3, 0.4) is 0 Å². The highest BCUT2D eigenvalue weighted by atomic mass is 15.0. The standard InChI is InChI=1S/C17H19N3/c1-13(16-8-5-6-10-18-16)19-11-14-12-20(2)17-9-4-3-7-15(14)17/h3-10,12-13,19H,11H2,1-2H3. The van der Waals surface area contributed by atoms with E-state index in [9.17, 15) is 0 Å². The molecule has 0 fully saturated rings. The lowest BCUT2D eigenvalue weighted by atomic mass is 10.1. The largest absolute Gasteiger partial charge is 0.350 e. The van der Waals surface area contributed by atoms with Gasteiger partial charge in [-0.3, -0.25) is 4.98 Å². The maximum atomic E-state index is 4.39. The van der Waals surface area contributed by atoms with E-state index in [2.05, 4.69) is 65.4 Å². The van der Waals surface area contributed by atoms with Crippen LogP contribution in [0.2, 0.25) is 0 Å². The quantitative estimate of drug-likeness (QED) is 0.783. The Morgan fingerprint density at radius 2 is 1.95 bits per heavy atom. The van der Waals surface area contributed by atoms with Crippen LogP contribution in [0.15, 0.2) is 54.9 Å². The lowest BCUT2D eigenvalue weighted by Gasteiger charge is -2.12. The summed E-state index contributed by atoms with van der Waals surface area (Å²) >= 11 is 0. The Kier molecular flexibility index (Phi) is 3.52. The molecule has 1 N–H and O–H groups in total. The SMILES string of the molecule is CC(NCc1cn(C)c2ccccc12)c1ccccn1. The number of fused-ring (bicyclic) bond motifs is 1. The molecule has 1 unspecified atom stereocenters. The van der Waals surface area contributed by atoms with Crippen molar-refractivity contribution in [1.29, 1.82) is 0 Å². The second kappa shape index (κ2) is 5.47. The molecule has 0 spiro atoms. The van der Waals surface area contributed by atoms with Gasteiger partial charge in [-0.2, -0.15) is 0 Å². The number of aryl methyl sites for hydroxylation is 1. The fraction of sp³-hybridized carbons (Fsp3) is 0.235. The van der Waals surface area contributed by atoms with Crippen LogP contribution < -0.4 is 5.32 Å². The topological polar surface area (TPSA) is 29.9 Å². The molecule has 0 aliphatic carbocycles. The molecular formula is C17H19N3. The number of nitrogens with one attached hydrogen (secondary N) is 1. The molecule has 0 amide bonds. The predicted molar refractivity (Wildman–Crippen MR) is 82.4 cm³/mol. The van der Waals surface area contributed by atoms with Crippen LogP contribution in [0.4, 0.5) is 0 Å². The number of benzene rings is 1. The molecular weight excluding hydrogens is 246 g/mol. The van der Waals surface area contributed by atoms with E-state index in [1.807, 2.05) is 18.3 Å². The molecule has 3 aromatic rings. The molecule has 1 atom stereocenters. The zero-order valence-electron chi connectivity index (χ0n) is 11.9. The van der Waals surface area contributed by atoms with E-state index < -0.39 is 0 Å². The van der Waals surface area contributed by atoms with Crippen molar-refractivity contribution in [2.75, 3.05) is 0 Å². The van der Waals surface area contributed by atoms with Gasteiger partial charge in [0.1, 0.15) is 0 Å². The molecule has 0 saturated carbocycles. The van der Waals surface area contributed by atoms with Crippen LogP contribution in [0.1, 0.15) is 24.2 Å². The summed E-state index contributed by atoms with van der Waals surface area (Å²) in [4.78, 5) is 4.39. The highest BCUT2D eigenvalue weighted by Gasteiger charge is 2.09. The van der Waals surface area contributed by atoms with Crippen molar-refractivity contribution in [2.24, 2.45) is 7.05 Å². The van der Waals surface area contributed by atoms with E-state index in [0.29, 0.717) is 0 Å². The molecule has 20 heavy (non-hydrogen) atoms. The minimum atomic E-state index is 0.246. The van der Waals surface area contributed by atoms with Gasteiger partial charge in [0.05, 0.1) is 5.69 Å². The normalized spacial score (nSPS) is 12.7. The first-order valence-electron chi connectivity index (χ1n) is 6.93. The third kappa shape index (κ3) is 2.45. The predicted octanol–water partition coefficient (Wildman–Crippen LogP) is 3.42. The van der Waals surface area contributed by atoms with Gasteiger partial charge in [0.25, 0.3) is 0 Å². The van der Waals surface area contributed by atoms with E-state index in [-0.39, 0.29) is 6.04 Å². The van der Waals surface area contributed by atoms with Gasteiger partial charge in [0.15, 0.2) is 0 Å². The van der Waals surface area contributed by atoms with Gasteiger partial charge in [-0.05, 0) is 30.7 Å². The molecule has 0 saturated heterocycles. The summed E-state index contributed by atoms with van der Waals surface area (Å²) in [6.45, 7) is 2.99. The first-order chi connectivity index (χ1) is 9.75. The summed E-state index contributed by atoms with van der Waals surface area (Å²) in [5, 5.41) is 4.86. The van der Waals surface area contributed by atoms with Crippen LogP contribution in [-0.4, -0.2) is 9.55 Å². The number of hydrogen-bond acceptors (Lipinski definition) is 2. The second-order valence-corrected chi connectivity index (χ2v) is 5.14. The van der Waals surface area contributed by atoms with Gasteiger partial charge in [0, 0.05) is 42.9 Å². The van der Waals surface area contributed by atoms with Crippen molar-refractivity contribution >= 4 is 10.9 Å². The van der Waals surface area contributed by atoms with Crippen molar-refractivity contribution in [3.63, 3.8) is 0 Å². The Labute approximate surface area is 119 Å². The van der Waals surface area contributed by atoms with Crippen LogP contribution in [-0.2, 0) is 13.6 Å². The fourth-order valence-corrected chi connectivity index (χ4v) is 2.57. The Hall–Kier alpha value is -2.13. The zero-order chi connectivity index (χ0) is 13.9. The number of nitrogens with zero attached hydrogens (tertiary/aromatic N) is 2. The highest BCUT2D eigenvalue weighted by molar-refractivity contribution is 5.83. The van der Waals surface area contributed by atoms with E-state index in [1.54, 1.807) is 0 Å². The van der Waals surface area contributed by atoms with Crippen molar-refractivity contribution in [2.45, 2.75) is 19.5 Å². The number of pyridine rings is 1. The Morgan fingerprint density at radius 3 is 2.75 bits per heavy atom. The Balaban J connectivity index is 1.77. The van der Waals surface area contributed by atoms with Gasteiger partial charge >= 0.3 is 0 Å². The molecule has 3 rings (SSSR count). The molecule has 0 bridgehead atoms. The van der Waals surface area contributed by atoms with Crippen LogP contribution in [0, 0.1) is 0 Å². The molecule has 0 aliphatic rings. The minimum absolute atomic E-state index is 0.246. The first-order valence-corrected chi connectivity index (χ1v) is 6.93. The van der Waals surface area contributed by atoms with Crippen LogP contribution >= 0.6 is 0 Å². The summed E-state index contributed by atoms with van der Waals surface area (Å²) in [6, 6.07) is 14.8. The van der Waals surface area contributed by atoms with Crippen LogP contribution in [0.5, 0.6) is 0 Å². The fourth-order valence-electron chi connectivity index (χ4n) is 2.57. The zero-order valence-corrected chi connectivity index (χ0v) is 11.9. The van der Waals surface area contributed by atoms with Crippen molar-refractivity contribution in [3.05, 3.63) is 66.1 Å². The second-order valence-electron chi connectivity index (χ2n) is 5.14. The number of rotatable bonds is 4. The highest BCUT2D eigenvalue weighted by Crippen LogP contribution is 2.21. The average molecular weight is 265 g/mol. The third-order valence-electron chi connectivity index (χ3n) is 3.71. The summed E-state index contributed by atoms with van der Waals surface area (Å²) in [6.07, 6.45) is 4.04. The Morgan fingerprint density at radius 1 is 1.15 bits per heavy atom. The summed E-state index contributed by atoms with van der Waals surface area (Å²) in [5.41, 5.74) is 3.67. The molecule has 0 radical (unpaired) electrons. The molecule has 3 nitrogen and oxygen atoms in total. The van der Waals surface area contributed by atoms with Crippen molar-refractivity contribution in [3.8, 4) is 0 Å². The summed E-state index contributed by atoms with van der Waals surface area (Å²) in [5.74, 6) is 0. The Bertz CT molecular complexity index is 701. The smallest absolute Gasteiger partial charge is 0.0570 e. The monoisotopic (exact) mass is 265 g/mol. The third-order valence-corrected chi connectivity index (χ3v) is 3.71. The van der Waals surface area contributed by atoms with E-state index in [0.717, 1.165) is 12.2 Å². The van der Waals surface area contributed by atoms with E-state index in [1.165, 1.54) is 16.5 Å². The number of para-hydroxylation sites is 1. The lowest BCUT2D eigenvalue weighted by molar-refractivity contribution is 0.562. The maximum Gasteiger partial charge on any atom is 0.0570 e. The summed E-state index contributed by atoms with van der Waals surface area (Å²) in [7, 11) is 2.09. The van der Waals surface area contributed by atoms with Gasteiger partial charge in [-0.25, -0.2) is 0 Å². The molecule has 102 valence electrons. The molecule has 3 heteroatoms. The minimum Gasteiger partial charge on any atom is -0.350 e. The number of hydrogen-bond donors (Lipinski definition) is 1. The van der Waals surface area contributed by atoms with E-state index in [4.69, 9.17) is 0 Å². The first kappa shape index (κ1) is 12.9. The molecule has 1 aromatic carbocycles. The van der Waals surface area contributed by atoms with Gasteiger partial charge in [0.2, 0.25) is 0 Å². The molecule has 2 heterocycles. The van der Waals surface area contributed by atoms with Gasteiger partial charge < -0.3 is 9.88 Å². The molecule has 0 aliphatic heterocycles. The average Bonchev–Trinajstić information content (AvgIpc) is 2.83. The maximum absolute atomic E-state index is 4.39. The van der Waals surface area contributed by atoms with Crippen molar-refractivity contribution < 1.29 is 0 Å². The number of aromatic nitrogens is 2. The van der Waals surface area contributed by atoms with Gasteiger partial charge in [-0.15, -0.1) is 0 Å². The van der Waals surface area contributed by atoms with Gasteiger partial charge in [-0.1, -0.05) is 24.3 Å². The van der Waals surface area contributed by atoms with Crippen LogP contribution in [0.25, 0.3) is 10.9 Å². The molecule has 2 aromatic heterocycles. The summed E-state index contributed by atoms with van der Waals surface area (Å²) < 4.78 is 2.18. The lowest BCUT2D eigenvalue weighted by Crippen LogP contribution is -2.18. The van der Waals surface area contributed by atoms with Crippen molar-refractivity contribution in [1.82, 2.24) is 14.9 Å². The van der Waals surface area contributed by atoms with E-state index >= 15 is 0 Å².